The SMILES string of the molecule is N#Cc1cncc(-c2cccc(-c3c(-c4ccccc4)[nH]c4ccccc34)n2)c1. The van der Waals surface area contributed by atoms with E-state index in [4.69, 9.17) is 4.98 Å². The Bertz CT molecular complexity index is 1360. The fourth-order valence-electron chi connectivity index (χ4n) is 3.61. The molecule has 136 valence electrons. The van der Waals surface area contributed by atoms with Crippen molar-refractivity contribution >= 4 is 10.9 Å². The Morgan fingerprint density at radius 3 is 2.41 bits per heavy atom. The largest absolute Gasteiger partial charge is 0.354 e. The molecule has 5 rings (SSSR count). The molecule has 0 bridgehead atoms. The molecule has 3 heterocycles. The van der Waals surface area contributed by atoms with Crippen molar-refractivity contribution in [2.45, 2.75) is 0 Å². The zero-order chi connectivity index (χ0) is 19.6. The van der Waals surface area contributed by atoms with E-state index in [0.29, 0.717) is 5.56 Å². The van der Waals surface area contributed by atoms with Crippen LogP contribution in [0.4, 0.5) is 0 Å². The van der Waals surface area contributed by atoms with Crippen molar-refractivity contribution < 1.29 is 0 Å². The van der Waals surface area contributed by atoms with Crippen LogP contribution in [0.25, 0.3) is 44.7 Å². The number of nitriles is 1. The number of rotatable bonds is 3. The highest BCUT2D eigenvalue weighted by molar-refractivity contribution is 6.03. The molecule has 0 atom stereocenters. The number of hydrogen-bond acceptors (Lipinski definition) is 3. The van der Waals surface area contributed by atoms with Gasteiger partial charge in [0.2, 0.25) is 0 Å². The smallest absolute Gasteiger partial charge is 0.101 e. The number of benzene rings is 2. The van der Waals surface area contributed by atoms with Gasteiger partial charge in [0.15, 0.2) is 0 Å². The van der Waals surface area contributed by atoms with Crippen molar-refractivity contribution in [2.75, 3.05) is 0 Å². The third-order valence-electron chi connectivity index (χ3n) is 4.94. The van der Waals surface area contributed by atoms with Crippen LogP contribution in [0.2, 0.25) is 0 Å². The topological polar surface area (TPSA) is 65.4 Å². The second kappa shape index (κ2) is 7.06. The quantitative estimate of drug-likeness (QED) is 0.433. The Hall–Kier alpha value is -4.23. The van der Waals surface area contributed by atoms with Crippen molar-refractivity contribution in [1.82, 2.24) is 15.0 Å². The summed E-state index contributed by atoms with van der Waals surface area (Å²) in [6, 6.07) is 28.4. The van der Waals surface area contributed by atoms with Crippen LogP contribution < -0.4 is 0 Å². The molecular formula is C25H16N4. The van der Waals surface area contributed by atoms with Crippen LogP contribution >= 0.6 is 0 Å². The lowest BCUT2D eigenvalue weighted by molar-refractivity contribution is 1.26. The Kier molecular flexibility index (Phi) is 4.12. The van der Waals surface area contributed by atoms with Gasteiger partial charge in [-0.3, -0.25) is 4.98 Å². The van der Waals surface area contributed by atoms with E-state index < -0.39 is 0 Å². The van der Waals surface area contributed by atoms with E-state index in [2.05, 4.69) is 40.3 Å². The van der Waals surface area contributed by atoms with Gasteiger partial charge >= 0.3 is 0 Å². The summed E-state index contributed by atoms with van der Waals surface area (Å²) in [5.41, 5.74) is 7.30. The molecule has 4 heteroatoms. The van der Waals surface area contributed by atoms with Gasteiger partial charge in [0.25, 0.3) is 0 Å². The number of fused-ring (bicyclic) bond motifs is 1. The average Bonchev–Trinajstić information content (AvgIpc) is 3.19. The molecule has 2 aromatic carbocycles. The van der Waals surface area contributed by atoms with Gasteiger partial charge in [-0.05, 0) is 29.8 Å². The molecule has 0 amide bonds. The van der Waals surface area contributed by atoms with Crippen LogP contribution in [-0.4, -0.2) is 15.0 Å². The molecule has 0 unspecified atom stereocenters. The van der Waals surface area contributed by atoms with Gasteiger partial charge in [0, 0.05) is 34.4 Å². The molecule has 5 aromatic rings. The minimum Gasteiger partial charge on any atom is -0.354 e. The van der Waals surface area contributed by atoms with Gasteiger partial charge in [-0.2, -0.15) is 5.26 Å². The summed E-state index contributed by atoms with van der Waals surface area (Å²) >= 11 is 0. The van der Waals surface area contributed by atoms with Crippen molar-refractivity contribution in [3.05, 3.63) is 96.8 Å². The van der Waals surface area contributed by atoms with Gasteiger partial charge in [0.05, 0.1) is 22.6 Å². The van der Waals surface area contributed by atoms with Crippen LogP contribution in [0.15, 0.2) is 91.3 Å². The normalized spacial score (nSPS) is 10.7. The Balaban J connectivity index is 1.73. The third kappa shape index (κ3) is 3.05. The van der Waals surface area contributed by atoms with E-state index in [0.717, 1.165) is 44.7 Å². The van der Waals surface area contributed by atoms with Crippen molar-refractivity contribution in [3.63, 3.8) is 0 Å². The first-order valence-electron chi connectivity index (χ1n) is 9.32. The fraction of sp³-hybridized carbons (Fsp3) is 0. The molecule has 0 saturated heterocycles. The van der Waals surface area contributed by atoms with Crippen LogP contribution in [0, 0.1) is 11.3 Å². The third-order valence-corrected chi connectivity index (χ3v) is 4.94. The maximum absolute atomic E-state index is 9.18. The second-order valence-corrected chi connectivity index (χ2v) is 6.77. The van der Waals surface area contributed by atoms with Gasteiger partial charge in [0.1, 0.15) is 6.07 Å². The minimum atomic E-state index is 0.520. The number of nitrogens with one attached hydrogen (secondary N) is 1. The lowest BCUT2D eigenvalue weighted by atomic mass is 10.0. The summed E-state index contributed by atoms with van der Waals surface area (Å²) in [5.74, 6) is 0. The van der Waals surface area contributed by atoms with E-state index >= 15 is 0 Å². The molecule has 3 aromatic heterocycles. The lowest BCUT2D eigenvalue weighted by Crippen LogP contribution is -1.91. The Morgan fingerprint density at radius 1 is 0.759 bits per heavy atom. The molecule has 0 spiro atoms. The van der Waals surface area contributed by atoms with Crippen LogP contribution in [0.3, 0.4) is 0 Å². The summed E-state index contributed by atoms with van der Waals surface area (Å²) in [7, 11) is 0. The number of aromatic amines is 1. The molecule has 4 nitrogen and oxygen atoms in total. The minimum absolute atomic E-state index is 0.520. The first-order valence-corrected chi connectivity index (χ1v) is 9.32. The van der Waals surface area contributed by atoms with Crippen molar-refractivity contribution in [2.24, 2.45) is 0 Å². The zero-order valence-electron chi connectivity index (χ0n) is 15.5. The van der Waals surface area contributed by atoms with E-state index in [1.54, 1.807) is 12.4 Å². The zero-order valence-corrected chi connectivity index (χ0v) is 15.5. The number of nitrogens with zero attached hydrogens (tertiary/aromatic N) is 3. The molecule has 1 N–H and O–H groups in total. The van der Waals surface area contributed by atoms with Gasteiger partial charge in [-0.25, -0.2) is 4.98 Å². The number of H-pyrrole nitrogens is 1. The van der Waals surface area contributed by atoms with E-state index in [1.807, 2.05) is 54.6 Å². The standard InChI is InChI=1S/C25H16N4/c26-14-17-13-19(16-27-15-17)21-11-6-12-23(28-21)24-20-9-4-5-10-22(20)29-25(24)18-7-2-1-3-8-18/h1-13,15-16,29H. The number of pyridine rings is 2. The van der Waals surface area contributed by atoms with E-state index in [-0.39, 0.29) is 0 Å². The second-order valence-electron chi connectivity index (χ2n) is 6.77. The maximum atomic E-state index is 9.18. The Labute approximate surface area is 168 Å². The predicted octanol–water partition coefficient (Wildman–Crippen LogP) is 5.83. The predicted molar refractivity (Wildman–Crippen MR) is 115 cm³/mol. The Morgan fingerprint density at radius 2 is 1.55 bits per heavy atom. The van der Waals surface area contributed by atoms with Crippen LogP contribution in [0.5, 0.6) is 0 Å². The van der Waals surface area contributed by atoms with E-state index in [1.165, 1.54) is 0 Å². The highest BCUT2D eigenvalue weighted by Gasteiger charge is 2.16. The number of para-hydroxylation sites is 1. The summed E-state index contributed by atoms with van der Waals surface area (Å²) in [4.78, 5) is 12.7. The average molecular weight is 372 g/mol. The van der Waals surface area contributed by atoms with Crippen LogP contribution in [0.1, 0.15) is 5.56 Å². The molecule has 0 aliphatic carbocycles. The van der Waals surface area contributed by atoms with Crippen molar-refractivity contribution in [3.8, 4) is 39.8 Å². The monoisotopic (exact) mass is 372 g/mol. The maximum Gasteiger partial charge on any atom is 0.101 e. The molecular weight excluding hydrogens is 356 g/mol. The first kappa shape index (κ1) is 16.9. The summed E-state index contributed by atoms with van der Waals surface area (Å²) in [6.45, 7) is 0. The molecule has 0 aliphatic rings. The number of hydrogen-bond donors (Lipinski definition) is 1. The molecule has 0 saturated carbocycles. The van der Waals surface area contributed by atoms with Gasteiger partial charge in [-0.15, -0.1) is 0 Å². The fourth-order valence-corrected chi connectivity index (χ4v) is 3.61. The molecule has 0 aliphatic heterocycles. The highest BCUT2D eigenvalue weighted by atomic mass is 14.8. The summed E-state index contributed by atoms with van der Waals surface area (Å²) in [5, 5.41) is 10.3. The van der Waals surface area contributed by atoms with Gasteiger partial charge < -0.3 is 4.98 Å². The van der Waals surface area contributed by atoms with Crippen molar-refractivity contribution in [1.29, 1.82) is 5.26 Å². The summed E-state index contributed by atoms with van der Waals surface area (Å²) < 4.78 is 0. The molecule has 0 fully saturated rings. The highest BCUT2D eigenvalue weighted by Crippen LogP contribution is 2.38. The molecule has 29 heavy (non-hydrogen) atoms. The first-order chi connectivity index (χ1) is 14.3. The van der Waals surface area contributed by atoms with E-state index in [9.17, 15) is 5.26 Å². The summed E-state index contributed by atoms with van der Waals surface area (Å²) in [6.07, 6.45) is 3.29. The lowest BCUT2D eigenvalue weighted by Gasteiger charge is -2.08. The van der Waals surface area contributed by atoms with Gasteiger partial charge in [-0.1, -0.05) is 54.6 Å². The number of aromatic nitrogens is 3. The molecule has 0 radical (unpaired) electrons. The van der Waals surface area contributed by atoms with Crippen LogP contribution in [-0.2, 0) is 0 Å².